The molecule has 2 rings (SSSR count). The van der Waals surface area contributed by atoms with Gasteiger partial charge in [-0.2, -0.15) is 0 Å². The van der Waals surface area contributed by atoms with E-state index in [9.17, 15) is 13.6 Å². The average Bonchev–Trinajstić information content (AvgIpc) is 2.33. The van der Waals surface area contributed by atoms with E-state index in [2.05, 4.69) is 0 Å². The number of hydrogen-bond acceptors (Lipinski definition) is 1. The first-order valence-corrected chi connectivity index (χ1v) is 5.21. The summed E-state index contributed by atoms with van der Waals surface area (Å²) in [6.45, 7) is 0.512. The van der Waals surface area contributed by atoms with Crippen LogP contribution in [-0.2, 0) is 0 Å². The van der Waals surface area contributed by atoms with Gasteiger partial charge in [0.2, 0.25) is 0 Å². The van der Waals surface area contributed by atoms with Crippen molar-refractivity contribution >= 4 is 11.7 Å². The van der Waals surface area contributed by atoms with E-state index in [0.29, 0.717) is 18.5 Å². The second kappa shape index (κ2) is 4.53. The number of carbonyl (C=O) groups is 1. The first-order chi connectivity index (χ1) is 8.09. The lowest BCUT2D eigenvalue weighted by molar-refractivity contribution is 0.150. The maximum atomic E-state index is 13.5. The van der Waals surface area contributed by atoms with Gasteiger partial charge >= 0.3 is 6.09 Å². The van der Waals surface area contributed by atoms with Crippen molar-refractivity contribution < 1.29 is 18.7 Å². The number of rotatable bonds is 1. The molecule has 0 unspecified atom stereocenters. The number of nitrogens with zero attached hydrogens (tertiary/aromatic N) is 1. The summed E-state index contributed by atoms with van der Waals surface area (Å²) in [6.07, 6.45) is 1.02. The van der Waals surface area contributed by atoms with Gasteiger partial charge in [0.05, 0.1) is 0 Å². The van der Waals surface area contributed by atoms with E-state index in [4.69, 9.17) is 5.11 Å². The smallest absolute Gasteiger partial charge is 0.407 e. The molecular formula is C12H11F2NO2. The van der Waals surface area contributed by atoms with Crippen molar-refractivity contribution in [2.45, 2.75) is 6.42 Å². The lowest BCUT2D eigenvalue weighted by Crippen LogP contribution is -2.33. The minimum absolute atomic E-state index is 0.209. The molecule has 1 aromatic carbocycles. The second-order valence-electron chi connectivity index (χ2n) is 3.81. The van der Waals surface area contributed by atoms with Crippen molar-refractivity contribution in [3.8, 4) is 0 Å². The molecule has 1 amide bonds. The Morgan fingerprint density at radius 2 is 2.12 bits per heavy atom. The Kier molecular flexibility index (Phi) is 3.08. The van der Waals surface area contributed by atoms with Gasteiger partial charge < -0.3 is 10.0 Å². The first kappa shape index (κ1) is 11.6. The lowest BCUT2D eigenvalue weighted by atomic mass is 9.99. The third-order valence-corrected chi connectivity index (χ3v) is 2.78. The van der Waals surface area contributed by atoms with Crippen LogP contribution < -0.4 is 0 Å². The molecule has 0 saturated heterocycles. The third-order valence-electron chi connectivity index (χ3n) is 2.78. The highest BCUT2D eigenvalue weighted by Crippen LogP contribution is 2.25. The standard InChI is InChI=1S/C12H11F2NO2/c13-10-3-1-2-9(11(10)14)8-4-6-15(7-5-8)12(16)17/h1-4H,5-7H2,(H,16,17). The summed E-state index contributed by atoms with van der Waals surface area (Å²) in [4.78, 5) is 11.9. The van der Waals surface area contributed by atoms with E-state index in [1.807, 2.05) is 0 Å². The predicted octanol–water partition coefficient (Wildman–Crippen LogP) is 2.73. The maximum Gasteiger partial charge on any atom is 0.407 e. The molecule has 1 heterocycles. The zero-order valence-corrected chi connectivity index (χ0v) is 8.99. The van der Waals surface area contributed by atoms with Gasteiger partial charge in [0, 0.05) is 18.7 Å². The molecule has 1 aliphatic rings. The number of amides is 1. The summed E-state index contributed by atoms with van der Waals surface area (Å²) in [5.41, 5.74) is 0.870. The van der Waals surface area contributed by atoms with Crippen LogP contribution in [0.4, 0.5) is 13.6 Å². The topological polar surface area (TPSA) is 40.5 Å². The minimum atomic E-state index is -1.000. The van der Waals surface area contributed by atoms with Crippen molar-refractivity contribution in [1.29, 1.82) is 0 Å². The molecule has 5 heteroatoms. The van der Waals surface area contributed by atoms with E-state index < -0.39 is 17.7 Å². The monoisotopic (exact) mass is 239 g/mol. The lowest BCUT2D eigenvalue weighted by Gasteiger charge is -2.24. The molecule has 1 aliphatic heterocycles. The van der Waals surface area contributed by atoms with Crippen LogP contribution in [0.1, 0.15) is 12.0 Å². The van der Waals surface area contributed by atoms with E-state index in [1.54, 1.807) is 6.08 Å². The fourth-order valence-electron chi connectivity index (χ4n) is 1.84. The highest BCUT2D eigenvalue weighted by atomic mass is 19.2. The first-order valence-electron chi connectivity index (χ1n) is 5.21. The van der Waals surface area contributed by atoms with Crippen molar-refractivity contribution in [1.82, 2.24) is 4.90 Å². The Morgan fingerprint density at radius 1 is 1.35 bits per heavy atom. The fourth-order valence-corrected chi connectivity index (χ4v) is 1.84. The minimum Gasteiger partial charge on any atom is -0.465 e. The molecule has 0 aromatic heterocycles. The van der Waals surface area contributed by atoms with Gasteiger partial charge in [-0.3, -0.25) is 0 Å². The van der Waals surface area contributed by atoms with Crippen LogP contribution in [0, 0.1) is 11.6 Å². The van der Waals surface area contributed by atoms with Crippen LogP contribution in [0.15, 0.2) is 24.3 Å². The van der Waals surface area contributed by atoms with Crippen molar-refractivity contribution in [3.05, 3.63) is 41.5 Å². The normalized spacial score (nSPS) is 15.6. The molecule has 17 heavy (non-hydrogen) atoms. The maximum absolute atomic E-state index is 13.5. The van der Waals surface area contributed by atoms with Gasteiger partial charge in [-0.05, 0) is 18.1 Å². The molecule has 1 aromatic rings. The molecule has 0 spiro atoms. The fraction of sp³-hybridized carbons (Fsp3) is 0.250. The summed E-state index contributed by atoms with van der Waals surface area (Å²) in [5, 5.41) is 8.76. The second-order valence-corrected chi connectivity index (χ2v) is 3.81. The van der Waals surface area contributed by atoms with Gasteiger partial charge in [0.25, 0.3) is 0 Å². The number of halogens is 2. The Balaban J connectivity index is 2.25. The van der Waals surface area contributed by atoms with E-state index in [0.717, 1.165) is 6.07 Å². The van der Waals surface area contributed by atoms with Crippen LogP contribution in [0.5, 0.6) is 0 Å². The highest BCUT2D eigenvalue weighted by Gasteiger charge is 2.19. The van der Waals surface area contributed by atoms with Crippen LogP contribution in [0.3, 0.4) is 0 Å². The zero-order chi connectivity index (χ0) is 12.4. The van der Waals surface area contributed by atoms with Crippen molar-refractivity contribution in [2.24, 2.45) is 0 Å². The molecule has 90 valence electrons. The van der Waals surface area contributed by atoms with Crippen molar-refractivity contribution in [2.75, 3.05) is 13.1 Å². The van der Waals surface area contributed by atoms with Crippen molar-refractivity contribution in [3.63, 3.8) is 0 Å². The molecule has 0 atom stereocenters. The molecule has 0 aliphatic carbocycles. The van der Waals surface area contributed by atoms with Crippen LogP contribution >= 0.6 is 0 Å². The SMILES string of the molecule is O=C(O)N1CC=C(c2cccc(F)c2F)CC1. The van der Waals surface area contributed by atoms with Gasteiger partial charge in [0.1, 0.15) is 0 Å². The molecule has 1 N–H and O–H groups in total. The summed E-state index contributed by atoms with van der Waals surface area (Å²) >= 11 is 0. The summed E-state index contributed by atoms with van der Waals surface area (Å²) in [7, 11) is 0. The Morgan fingerprint density at radius 3 is 2.71 bits per heavy atom. The Bertz CT molecular complexity index is 485. The number of benzene rings is 1. The van der Waals surface area contributed by atoms with Crippen LogP contribution in [0.2, 0.25) is 0 Å². The Hall–Kier alpha value is -1.91. The molecule has 0 fully saturated rings. The zero-order valence-electron chi connectivity index (χ0n) is 8.99. The van der Waals surface area contributed by atoms with Crippen LogP contribution in [0.25, 0.3) is 5.57 Å². The van der Waals surface area contributed by atoms with Gasteiger partial charge in [-0.1, -0.05) is 18.2 Å². The third kappa shape index (κ3) is 2.27. The number of carboxylic acid groups (broad SMARTS) is 1. The van der Waals surface area contributed by atoms with E-state index >= 15 is 0 Å². The quantitative estimate of drug-likeness (QED) is 0.818. The van der Waals surface area contributed by atoms with Gasteiger partial charge in [-0.15, -0.1) is 0 Å². The summed E-state index contributed by atoms with van der Waals surface area (Å²) in [6, 6.07) is 4.00. The summed E-state index contributed by atoms with van der Waals surface area (Å²) < 4.78 is 26.5. The molecule has 3 nitrogen and oxygen atoms in total. The summed E-state index contributed by atoms with van der Waals surface area (Å²) in [5.74, 6) is -1.76. The molecule has 0 bridgehead atoms. The largest absolute Gasteiger partial charge is 0.465 e. The molecule has 0 radical (unpaired) electrons. The van der Waals surface area contributed by atoms with Gasteiger partial charge in [0.15, 0.2) is 11.6 Å². The highest BCUT2D eigenvalue weighted by molar-refractivity contribution is 5.71. The average molecular weight is 239 g/mol. The van der Waals surface area contributed by atoms with E-state index in [-0.39, 0.29) is 12.1 Å². The molecule has 0 saturated carbocycles. The van der Waals surface area contributed by atoms with Crippen LogP contribution in [-0.4, -0.2) is 29.2 Å². The number of hydrogen-bond donors (Lipinski definition) is 1. The predicted molar refractivity (Wildman–Crippen MR) is 58.5 cm³/mol. The molecular weight excluding hydrogens is 228 g/mol. The Labute approximate surface area is 97.0 Å². The van der Waals surface area contributed by atoms with Gasteiger partial charge in [-0.25, -0.2) is 13.6 Å². The van der Waals surface area contributed by atoms with E-state index in [1.165, 1.54) is 17.0 Å².